The molecule has 0 aliphatic carbocycles. The first-order valence-electron chi connectivity index (χ1n) is 7.21. The molecular weight excluding hydrogens is 357 g/mol. The average Bonchev–Trinajstić information content (AvgIpc) is 2.80. The van der Waals surface area contributed by atoms with Gasteiger partial charge >= 0.3 is 6.18 Å². The normalized spacial score (nSPS) is 11.2. The highest BCUT2D eigenvalue weighted by Gasteiger charge is 2.30. The number of ketones is 1. The number of aromatic nitrogens is 1. The highest BCUT2D eigenvalue weighted by Crippen LogP contribution is 2.26. The summed E-state index contributed by atoms with van der Waals surface area (Å²) in [5.74, 6) is -0.236. The Bertz CT molecular complexity index is 851. The summed E-state index contributed by atoms with van der Waals surface area (Å²) in [6.07, 6.45) is -4.37. The number of nitrogens with zero attached hydrogens (tertiary/aromatic N) is 2. The molecule has 0 bridgehead atoms. The van der Waals surface area contributed by atoms with E-state index in [0.29, 0.717) is 11.3 Å². The Morgan fingerprint density at radius 1 is 1.32 bits per heavy atom. The van der Waals surface area contributed by atoms with E-state index in [1.807, 2.05) is 6.07 Å². The van der Waals surface area contributed by atoms with Crippen molar-refractivity contribution in [2.24, 2.45) is 0 Å². The quantitative estimate of drug-likeness (QED) is 0.730. The predicted octanol–water partition coefficient (Wildman–Crippen LogP) is 4.45. The van der Waals surface area contributed by atoms with E-state index in [4.69, 9.17) is 21.6 Å². The molecule has 0 amide bonds. The van der Waals surface area contributed by atoms with Crippen LogP contribution in [0.2, 0.25) is 5.02 Å². The smallest absolute Gasteiger partial charge is 0.406 e. The number of benzene rings is 1. The largest absolute Gasteiger partial charge is 0.484 e. The molecule has 0 unspecified atom stereocenters. The van der Waals surface area contributed by atoms with E-state index >= 15 is 0 Å². The summed E-state index contributed by atoms with van der Waals surface area (Å²) in [4.78, 5) is 12.3. The molecule has 0 fully saturated rings. The van der Waals surface area contributed by atoms with Crippen molar-refractivity contribution in [2.45, 2.75) is 26.6 Å². The van der Waals surface area contributed by atoms with Crippen LogP contribution in [0.3, 0.4) is 0 Å². The van der Waals surface area contributed by atoms with Crippen LogP contribution in [0.15, 0.2) is 24.3 Å². The summed E-state index contributed by atoms with van der Waals surface area (Å²) in [6, 6.07) is 7.67. The zero-order valence-corrected chi connectivity index (χ0v) is 14.2. The molecule has 0 atom stereocenters. The molecule has 0 saturated heterocycles. The van der Waals surface area contributed by atoms with Gasteiger partial charge in [0, 0.05) is 17.0 Å². The number of hydrogen-bond donors (Lipinski definition) is 0. The monoisotopic (exact) mass is 370 g/mol. The minimum Gasteiger partial charge on any atom is -0.484 e. The van der Waals surface area contributed by atoms with Crippen molar-refractivity contribution >= 4 is 17.4 Å². The van der Waals surface area contributed by atoms with Crippen LogP contribution in [0.5, 0.6) is 5.75 Å². The van der Waals surface area contributed by atoms with Gasteiger partial charge in [-0.2, -0.15) is 18.4 Å². The maximum Gasteiger partial charge on any atom is 0.406 e. The van der Waals surface area contributed by atoms with E-state index in [-0.39, 0.29) is 28.6 Å². The molecule has 0 N–H and O–H groups in total. The zero-order chi connectivity index (χ0) is 18.8. The average molecular weight is 371 g/mol. The fourth-order valence-electron chi connectivity index (χ4n) is 2.41. The van der Waals surface area contributed by atoms with Gasteiger partial charge in [0.05, 0.1) is 16.7 Å². The number of carbonyl (C=O) groups excluding carboxylic acids is 1. The molecule has 0 aliphatic heterocycles. The van der Waals surface area contributed by atoms with Crippen LogP contribution in [0.4, 0.5) is 13.2 Å². The van der Waals surface area contributed by atoms with E-state index in [2.05, 4.69) is 0 Å². The first-order valence-corrected chi connectivity index (χ1v) is 7.59. The van der Waals surface area contributed by atoms with Crippen molar-refractivity contribution in [3.05, 3.63) is 51.8 Å². The third-order valence-electron chi connectivity index (χ3n) is 3.63. The number of aryl methyl sites for hydroxylation is 1. The highest BCUT2D eigenvalue weighted by molar-refractivity contribution is 6.32. The van der Waals surface area contributed by atoms with Crippen LogP contribution >= 0.6 is 11.6 Å². The van der Waals surface area contributed by atoms with Crippen molar-refractivity contribution in [3.63, 3.8) is 0 Å². The molecular formula is C17H14ClF3N2O2. The predicted molar refractivity (Wildman–Crippen MR) is 86.0 cm³/mol. The van der Waals surface area contributed by atoms with Gasteiger partial charge in [-0.15, -0.1) is 0 Å². The van der Waals surface area contributed by atoms with Crippen molar-refractivity contribution in [1.82, 2.24) is 4.57 Å². The van der Waals surface area contributed by atoms with E-state index in [0.717, 1.165) is 4.57 Å². The lowest BCUT2D eigenvalue weighted by atomic mass is 10.1. The summed E-state index contributed by atoms with van der Waals surface area (Å²) in [5.41, 5.74) is 1.09. The SMILES string of the molecule is Cc1cc(C(=O)COc2ccc(C#N)cc2Cl)c(C)n1CC(F)(F)F. The molecule has 25 heavy (non-hydrogen) atoms. The Hall–Kier alpha value is -2.46. The molecule has 0 spiro atoms. The molecule has 4 nitrogen and oxygen atoms in total. The number of halogens is 4. The van der Waals surface area contributed by atoms with Gasteiger partial charge in [0.2, 0.25) is 5.78 Å². The van der Waals surface area contributed by atoms with Crippen LogP contribution < -0.4 is 4.74 Å². The molecule has 1 aromatic heterocycles. The van der Waals surface area contributed by atoms with Gasteiger partial charge in [-0.25, -0.2) is 0 Å². The first-order chi connectivity index (χ1) is 11.6. The summed E-state index contributed by atoms with van der Waals surface area (Å²) in [5, 5.41) is 8.95. The molecule has 2 rings (SSSR count). The summed E-state index contributed by atoms with van der Waals surface area (Å²) >= 11 is 5.95. The van der Waals surface area contributed by atoms with E-state index in [9.17, 15) is 18.0 Å². The van der Waals surface area contributed by atoms with E-state index < -0.39 is 18.5 Å². The van der Waals surface area contributed by atoms with Crippen molar-refractivity contribution in [3.8, 4) is 11.8 Å². The number of nitriles is 1. The lowest BCUT2D eigenvalue weighted by Crippen LogP contribution is -2.20. The molecule has 2 aromatic rings. The summed E-state index contributed by atoms with van der Waals surface area (Å²) < 4.78 is 44.2. The Kier molecular flexibility index (Phi) is 5.43. The van der Waals surface area contributed by atoms with Gasteiger partial charge in [0.15, 0.2) is 6.61 Å². The summed E-state index contributed by atoms with van der Waals surface area (Å²) in [7, 11) is 0. The Morgan fingerprint density at radius 3 is 2.56 bits per heavy atom. The topological polar surface area (TPSA) is 55.0 Å². The van der Waals surface area contributed by atoms with Gasteiger partial charge in [0.25, 0.3) is 0 Å². The second-order valence-electron chi connectivity index (χ2n) is 5.45. The standard InChI is InChI=1S/C17H14ClF3N2O2/c1-10-5-13(11(2)23(10)9-17(19,20)21)15(24)8-25-16-4-3-12(7-22)6-14(16)18/h3-6H,8-9H2,1-2H3. The van der Waals surface area contributed by atoms with Crippen LogP contribution in [-0.2, 0) is 6.54 Å². The Morgan fingerprint density at radius 2 is 2.00 bits per heavy atom. The number of rotatable bonds is 5. The fraction of sp³-hybridized carbons (Fsp3) is 0.294. The third kappa shape index (κ3) is 4.54. The minimum atomic E-state index is -4.37. The number of ether oxygens (including phenoxy) is 1. The maximum absolute atomic E-state index is 12.6. The Labute approximate surface area is 147 Å². The number of hydrogen-bond acceptors (Lipinski definition) is 3. The van der Waals surface area contributed by atoms with Gasteiger partial charge in [-0.05, 0) is 38.1 Å². The molecule has 8 heteroatoms. The van der Waals surface area contributed by atoms with Crippen molar-refractivity contribution in [1.29, 1.82) is 5.26 Å². The van der Waals surface area contributed by atoms with E-state index in [1.54, 1.807) is 0 Å². The van der Waals surface area contributed by atoms with E-state index in [1.165, 1.54) is 38.1 Å². The van der Waals surface area contributed by atoms with Crippen LogP contribution in [0, 0.1) is 25.2 Å². The van der Waals surface area contributed by atoms with Crippen LogP contribution in [-0.4, -0.2) is 23.1 Å². The van der Waals surface area contributed by atoms with Crippen LogP contribution in [0.1, 0.15) is 27.3 Å². The van der Waals surface area contributed by atoms with Crippen LogP contribution in [0.25, 0.3) is 0 Å². The fourth-order valence-corrected chi connectivity index (χ4v) is 2.65. The zero-order valence-electron chi connectivity index (χ0n) is 13.4. The highest BCUT2D eigenvalue weighted by atomic mass is 35.5. The van der Waals surface area contributed by atoms with Crippen molar-refractivity contribution < 1.29 is 22.7 Å². The van der Waals surface area contributed by atoms with Crippen molar-refractivity contribution in [2.75, 3.05) is 6.61 Å². The van der Waals surface area contributed by atoms with Gasteiger partial charge in [0.1, 0.15) is 12.3 Å². The lowest BCUT2D eigenvalue weighted by molar-refractivity contribution is -0.141. The molecule has 0 aliphatic rings. The molecule has 0 radical (unpaired) electrons. The maximum atomic E-state index is 12.6. The van der Waals surface area contributed by atoms with Gasteiger partial charge in [-0.3, -0.25) is 4.79 Å². The second kappa shape index (κ2) is 7.19. The molecule has 1 aromatic carbocycles. The molecule has 1 heterocycles. The lowest BCUT2D eigenvalue weighted by Gasteiger charge is -2.12. The van der Waals surface area contributed by atoms with Gasteiger partial charge in [-0.1, -0.05) is 11.6 Å². The minimum absolute atomic E-state index is 0.173. The third-order valence-corrected chi connectivity index (χ3v) is 3.93. The first kappa shape index (κ1) is 18.9. The number of Topliss-reactive ketones (excluding diaryl/α,β-unsaturated/α-hetero) is 1. The summed E-state index contributed by atoms with van der Waals surface area (Å²) in [6.45, 7) is 1.44. The number of alkyl halides is 3. The molecule has 132 valence electrons. The number of carbonyl (C=O) groups is 1. The Balaban J connectivity index is 2.14. The second-order valence-corrected chi connectivity index (χ2v) is 5.86. The molecule has 0 saturated carbocycles. The van der Waals surface area contributed by atoms with Gasteiger partial charge < -0.3 is 9.30 Å².